The first-order valence-corrected chi connectivity index (χ1v) is 8.97. The van der Waals surface area contributed by atoms with Crippen LogP contribution in [0, 0.1) is 0 Å². The molecule has 0 saturated carbocycles. The van der Waals surface area contributed by atoms with Gasteiger partial charge in [-0.25, -0.2) is 8.42 Å². The predicted molar refractivity (Wildman–Crippen MR) is 76.2 cm³/mol. The van der Waals surface area contributed by atoms with Crippen LogP contribution in [0.2, 0.25) is 0 Å². The third kappa shape index (κ3) is 2.62. The van der Waals surface area contributed by atoms with E-state index in [0.717, 1.165) is 19.5 Å². The van der Waals surface area contributed by atoms with Crippen molar-refractivity contribution in [1.29, 1.82) is 0 Å². The lowest BCUT2D eigenvalue weighted by molar-refractivity contribution is 0.250. The zero-order valence-electron chi connectivity index (χ0n) is 11.3. The summed E-state index contributed by atoms with van der Waals surface area (Å²) in [5.74, 6) is 0.673. The Morgan fingerprint density at radius 3 is 2.65 bits per heavy atom. The van der Waals surface area contributed by atoms with Crippen molar-refractivity contribution in [3.8, 4) is 0 Å². The number of furan rings is 1. The second-order valence-electron chi connectivity index (χ2n) is 5.40. The molecule has 1 unspecified atom stereocenters. The zero-order chi connectivity index (χ0) is 14.2. The van der Waals surface area contributed by atoms with E-state index in [4.69, 9.17) is 16.0 Å². The van der Waals surface area contributed by atoms with E-state index in [9.17, 15) is 8.42 Å². The van der Waals surface area contributed by atoms with Crippen molar-refractivity contribution in [3.63, 3.8) is 0 Å². The first kappa shape index (κ1) is 14.4. The van der Waals surface area contributed by atoms with E-state index in [1.807, 2.05) is 0 Å². The lowest BCUT2D eigenvalue weighted by atomic mass is 10.2. The SMILES string of the molecule is O=S(=O)(c1ccc(CCl)o1)N1CCC(N2CCCC2)C1. The molecular weight excluding hydrogens is 300 g/mol. The molecule has 20 heavy (non-hydrogen) atoms. The predicted octanol–water partition coefficient (Wildman–Crippen LogP) is 1.88. The first-order chi connectivity index (χ1) is 9.61. The fourth-order valence-corrected chi connectivity index (χ4v) is 4.59. The second-order valence-corrected chi connectivity index (χ2v) is 7.54. The second kappa shape index (κ2) is 5.67. The molecule has 3 heterocycles. The Morgan fingerprint density at radius 2 is 2.00 bits per heavy atom. The highest BCUT2D eigenvalue weighted by Gasteiger charge is 2.37. The maximum absolute atomic E-state index is 12.5. The minimum absolute atomic E-state index is 0.00946. The van der Waals surface area contributed by atoms with Gasteiger partial charge in [0.15, 0.2) is 0 Å². The van der Waals surface area contributed by atoms with Crippen molar-refractivity contribution in [2.75, 3.05) is 26.2 Å². The van der Waals surface area contributed by atoms with E-state index in [1.54, 1.807) is 6.07 Å². The van der Waals surface area contributed by atoms with Crippen LogP contribution in [0.5, 0.6) is 0 Å². The third-order valence-electron chi connectivity index (χ3n) is 4.15. The molecule has 0 radical (unpaired) electrons. The summed E-state index contributed by atoms with van der Waals surface area (Å²) < 4.78 is 31.8. The maximum Gasteiger partial charge on any atom is 0.276 e. The highest BCUT2D eigenvalue weighted by Crippen LogP contribution is 2.26. The summed E-state index contributed by atoms with van der Waals surface area (Å²) >= 11 is 5.65. The fourth-order valence-electron chi connectivity index (χ4n) is 3.03. The van der Waals surface area contributed by atoms with Gasteiger partial charge in [0.1, 0.15) is 5.76 Å². The van der Waals surface area contributed by atoms with E-state index >= 15 is 0 Å². The molecule has 0 N–H and O–H groups in total. The van der Waals surface area contributed by atoms with E-state index in [2.05, 4.69) is 4.90 Å². The number of hydrogen-bond acceptors (Lipinski definition) is 4. The highest BCUT2D eigenvalue weighted by atomic mass is 35.5. The quantitative estimate of drug-likeness (QED) is 0.795. The molecule has 0 amide bonds. The van der Waals surface area contributed by atoms with Crippen LogP contribution in [0.4, 0.5) is 0 Å². The van der Waals surface area contributed by atoms with Gasteiger partial charge in [-0.2, -0.15) is 4.31 Å². The van der Waals surface area contributed by atoms with Gasteiger partial charge in [0.05, 0.1) is 5.88 Å². The highest BCUT2D eigenvalue weighted by molar-refractivity contribution is 7.89. The van der Waals surface area contributed by atoms with Crippen LogP contribution < -0.4 is 0 Å². The summed E-state index contributed by atoms with van der Waals surface area (Å²) in [7, 11) is -3.51. The van der Waals surface area contributed by atoms with Gasteiger partial charge in [0.25, 0.3) is 10.0 Å². The number of nitrogens with zero attached hydrogens (tertiary/aromatic N) is 2. The fraction of sp³-hybridized carbons (Fsp3) is 0.692. The van der Waals surface area contributed by atoms with Gasteiger partial charge in [0, 0.05) is 19.1 Å². The average molecular weight is 319 g/mol. The van der Waals surface area contributed by atoms with Crippen molar-refractivity contribution in [2.24, 2.45) is 0 Å². The summed E-state index contributed by atoms with van der Waals surface area (Å²) in [5.41, 5.74) is 0. The van der Waals surface area contributed by atoms with Crippen LogP contribution in [0.1, 0.15) is 25.0 Å². The zero-order valence-corrected chi connectivity index (χ0v) is 12.9. The molecule has 2 saturated heterocycles. The average Bonchev–Trinajstić information content (AvgIpc) is 3.18. The molecule has 2 aliphatic heterocycles. The van der Waals surface area contributed by atoms with Crippen molar-refractivity contribution in [2.45, 2.75) is 36.3 Å². The molecule has 5 nitrogen and oxygen atoms in total. The standard InChI is InChI=1S/C13H19ClN2O3S/c14-9-12-3-4-13(19-12)20(17,18)16-8-5-11(10-16)15-6-1-2-7-15/h3-4,11H,1-2,5-10H2. The Hall–Kier alpha value is -0.560. The number of hydrogen-bond donors (Lipinski definition) is 0. The molecule has 112 valence electrons. The van der Waals surface area contributed by atoms with Crippen LogP contribution in [-0.4, -0.2) is 49.8 Å². The minimum atomic E-state index is -3.51. The maximum atomic E-state index is 12.5. The Morgan fingerprint density at radius 1 is 1.25 bits per heavy atom. The van der Waals surface area contributed by atoms with Gasteiger partial charge in [-0.3, -0.25) is 4.90 Å². The topological polar surface area (TPSA) is 53.8 Å². The van der Waals surface area contributed by atoms with Crippen molar-refractivity contribution in [3.05, 3.63) is 17.9 Å². The molecule has 0 spiro atoms. The molecule has 0 aliphatic carbocycles. The van der Waals surface area contributed by atoms with E-state index in [-0.39, 0.29) is 11.0 Å². The van der Waals surface area contributed by atoms with Gasteiger partial charge in [-0.1, -0.05) is 0 Å². The molecule has 0 bridgehead atoms. The summed E-state index contributed by atoms with van der Waals surface area (Å²) in [4.78, 5) is 2.40. The third-order valence-corrected chi connectivity index (χ3v) is 6.15. The molecule has 2 fully saturated rings. The molecular formula is C13H19ClN2O3S. The monoisotopic (exact) mass is 318 g/mol. The molecule has 0 aromatic carbocycles. The summed E-state index contributed by atoms with van der Waals surface area (Å²) in [6.45, 7) is 3.32. The van der Waals surface area contributed by atoms with E-state index < -0.39 is 10.0 Å². The number of alkyl halides is 1. The Bertz CT molecular complexity index is 566. The van der Waals surface area contributed by atoms with E-state index in [0.29, 0.717) is 24.9 Å². The number of halogens is 1. The molecule has 1 aromatic heterocycles. The van der Waals surface area contributed by atoms with Gasteiger partial charge >= 0.3 is 0 Å². The van der Waals surface area contributed by atoms with Crippen molar-refractivity contribution in [1.82, 2.24) is 9.21 Å². The lowest BCUT2D eigenvalue weighted by Crippen LogP contribution is -2.37. The van der Waals surface area contributed by atoms with Gasteiger partial charge < -0.3 is 4.42 Å². The number of sulfonamides is 1. The first-order valence-electron chi connectivity index (χ1n) is 7.00. The largest absolute Gasteiger partial charge is 0.447 e. The lowest BCUT2D eigenvalue weighted by Gasteiger charge is -2.23. The number of likely N-dealkylation sites (tertiary alicyclic amines) is 1. The van der Waals surface area contributed by atoms with Gasteiger partial charge in [0.2, 0.25) is 5.09 Å². The Labute approximate surface area is 124 Å². The van der Waals surface area contributed by atoms with Gasteiger partial charge in [-0.15, -0.1) is 11.6 Å². The van der Waals surface area contributed by atoms with Crippen LogP contribution in [-0.2, 0) is 15.9 Å². The molecule has 1 aromatic rings. The summed E-state index contributed by atoms with van der Waals surface area (Å²) in [6, 6.07) is 3.47. The molecule has 1 atom stereocenters. The van der Waals surface area contributed by atoms with Crippen LogP contribution in [0.3, 0.4) is 0 Å². The van der Waals surface area contributed by atoms with Crippen LogP contribution in [0.15, 0.2) is 21.6 Å². The van der Waals surface area contributed by atoms with Crippen LogP contribution >= 0.6 is 11.6 Å². The van der Waals surface area contributed by atoms with Crippen LogP contribution in [0.25, 0.3) is 0 Å². The van der Waals surface area contributed by atoms with Gasteiger partial charge in [-0.05, 0) is 44.5 Å². The Kier molecular flexibility index (Phi) is 4.08. The van der Waals surface area contributed by atoms with Crippen molar-refractivity contribution >= 4 is 21.6 Å². The summed E-state index contributed by atoms with van der Waals surface area (Å²) in [6.07, 6.45) is 3.35. The Balaban J connectivity index is 1.72. The number of rotatable bonds is 4. The molecule has 7 heteroatoms. The summed E-state index contributed by atoms with van der Waals surface area (Å²) in [5, 5.41) is 0.00946. The molecule has 3 rings (SSSR count). The van der Waals surface area contributed by atoms with Crippen molar-refractivity contribution < 1.29 is 12.8 Å². The smallest absolute Gasteiger partial charge is 0.276 e. The normalized spacial score (nSPS) is 25.6. The van der Waals surface area contributed by atoms with E-state index in [1.165, 1.54) is 23.2 Å². The molecule has 2 aliphatic rings. The minimum Gasteiger partial charge on any atom is -0.447 e.